The quantitative estimate of drug-likeness (QED) is 0.728. The van der Waals surface area contributed by atoms with Crippen LogP contribution in [0.5, 0.6) is 11.5 Å². The van der Waals surface area contributed by atoms with E-state index in [9.17, 15) is 13.2 Å². The highest BCUT2D eigenvalue weighted by Crippen LogP contribution is 2.31. The molecule has 3 aromatic rings. The minimum Gasteiger partial charge on any atom is -0.493 e. The van der Waals surface area contributed by atoms with Gasteiger partial charge in [-0.1, -0.05) is 17.4 Å². The highest BCUT2D eigenvalue weighted by Gasteiger charge is 2.38. The van der Waals surface area contributed by atoms with E-state index in [0.717, 1.165) is 21.4 Å². The van der Waals surface area contributed by atoms with E-state index in [1.54, 1.807) is 18.2 Å². The number of ether oxygens (including phenoxy) is 2. The van der Waals surface area contributed by atoms with Crippen LogP contribution in [-0.2, 0) is 12.6 Å². The fourth-order valence-electron chi connectivity index (χ4n) is 2.07. The van der Waals surface area contributed by atoms with E-state index >= 15 is 0 Å². The molecule has 0 fully saturated rings. The SMILES string of the molecule is COc1ccc(Cc2nn3c(C(F)(F)F)nnc3s2)cc1OC. The van der Waals surface area contributed by atoms with Crippen molar-refractivity contribution in [1.82, 2.24) is 19.8 Å². The zero-order valence-corrected chi connectivity index (χ0v) is 12.9. The molecule has 0 amide bonds. The number of fused-ring (bicyclic) bond motifs is 1. The van der Waals surface area contributed by atoms with E-state index < -0.39 is 12.0 Å². The molecule has 3 rings (SSSR count). The number of hydrogen-bond donors (Lipinski definition) is 0. The fraction of sp³-hybridized carbons (Fsp3) is 0.308. The molecule has 0 spiro atoms. The van der Waals surface area contributed by atoms with Gasteiger partial charge in [0.05, 0.1) is 14.2 Å². The third kappa shape index (κ3) is 2.93. The van der Waals surface area contributed by atoms with Gasteiger partial charge in [0.1, 0.15) is 5.01 Å². The van der Waals surface area contributed by atoms with Gasteiger partial charge in [0.25, 0.3) is 5.82 Å². The summed E-state index contributed by atoms with van der Waals surface area (Å²) in [4.78, 5) is 0.104. The third-order valence-corrected chi connectivity index (χ3v) is 3.99. The number of rotatable bonds is 4. The maximum Gasteiger partial charge on any atom is 0.453 e. The molecule has 0 radical (unpaired) electrons. The molecule has 0 bridgehead atoms. The third-order valence-electron chi connectivity index (χ3n) is 3.09. The summed E-state index contributed by atoms with van der Waals surface area (Å²) in [6.07, 6.45) is -4.24. The number of alkyl halides is 3. The summed E-state index contributed by atoms with van der Waals surface area (Å²) in [5.74, 6) is 0.0000385. The Labute approximate surface area is 132 Å². The average Bonchev–Trinajstić information content (AvgIpc) is 3.05. The van der Waals surface area contributed by atoms with E-state index in [1.807, 2.05) is 0 Å². The molecule has 0 N–H and O–H groups in total. The second-order valence-electron chi connectivity index (χ2n) is 4.58. The van der Waals surface area contributed by atoms with Crippen LogP contribution in [0, 0.1) is 0 Å². The van der Waals surface area contributed by atoms with Gasteiger partial charge < -0.3 is 9.47 Å². The topological polar surface area (TPSA) is 61.5 Å². The van der Waals surface area contributed by atoms with Crippen LogP contribution in [0.3, 0.4) is 0 Å². The van der Waals surface area contributed by atoms with E-state index in [-0.39, 0.29) is 4.96 Å². The Morgan fingerprint density at radius 2 is 1.87 bits per heavy atom. The first kappa shape index (κ1) is 15.5. The molecule has 122 valence electrons. The smallest absolute Gasteiger partial charge is 0.453 e. The van der Waals surface area contributed by atoms with Crippen molar-refractivity contribution in [1.29, 1.82) is 0 Å². The van der Waals surface area contributed by atoms with E-state index in [4.69, 9.17) is 9.47 Å². The predicted molar refractivity (Wildman–Crippen MR) is 76.0 cm³/mol. The lowest BCUT2D eigenvalue weighted by Crippen LogP contribution is -2.11. The Hall–Kier alpha value is -2.36. The van der Waals surface area contributed by atoms with Gasteiger partial charge in [-0.15, -0.1) is 10.2 Å². The normalized spacial score (nSPS) is 11.9. The molecule has 6 nitrogen and oxygen atoms in total. The van der Waals surface area contributed by atoms with Gasteiger partial charge in [0.15, 0.2) is 11.5 Å². The monoisotopic (exact) mass is 344 g/mol. The molecule has 0 atom stereocenters. The van der Waals surface area contributed by atoms with Crippen molar-refractivity contribution in [2.75, 3.05) is 14.2 Å². The van der Waals surface area contributed by atoms with Crippen molar-refractivity contribution in [3.8, 4) is 11.5 Å². The van der Waals surface area contributed by atoms with Gasteiger partial charge in [0.2, 0.25) is 4.96 Å². The van der Waals surface area contributed by atoms with Gasteiger partial charge >= 0.3 is 6.18 Å². The molecule has 0 aliphatic rings. The summed E-state index contributed by atoms with van der Waals surface area (Å²) in [6.45, 7) is 0. The van der Waals surface area contributed by atoms with Gasteiger partial charge in [-0.3, -0.25) is 0 Å². The zero-order chi connectivity index (χ0) is 16.6. The first-order valence-electron chi connectivity index (χ1n) is 6.41. The molecule has 2 aromatic heterocycles. The molecular weight excluding hydrogens is 333 g/mol. The highest BCUT2D eigenvalue weighted by molar-refractivity contribution is 7.16. The minimum absolute atomic E-state index is 0.104. The van der Waals surface area contributed by atoms with Crippen molar-refractivity contribution in [2.45, 2.75) is 12.6 Å². The Kier molecular flexibility index (Phi) is 3.84. The van der Waals surface area contributed by atoms with Crippen LogP contribution in [0.15, 0.2) is 18.2 Å². The second-order valence-corrected chi connectivity index (χ2v) is 5.62. The van der Waals surface area contributed by atoms with Gasteiger partial charge in [-0.25, -0.2) is 0 Å². The Bertz CT molecular complexity index is 843. The van der Waals surface area contributed by atoms with Crippen LogP contribution in [0.2, 0.25) is 0 Å². The average molecular weight is 344 g/mol. The van der Waals surface area contributed by atoms with Crippen molar-refractivity contribution < 1.29 is 22.6 Å². The van der Waals surface area contributed by atoms with Crippen molar-refractivity contribution in [3.63, 3.8) is 0 Å². The molecule has 23 heavy (non-hydrogen) atoms. The summed E-state index contributed by atoms with van der Waals surface area (Å²) in [7, 11) is 3.04. The van der Waals surface area contributed by atoms with Crippen LogP contribution < -0.4 is 9.47 Å². The lowest BCUT2D eigenvalue weighted by atomic mass is 10.1. The largest absolute Gasteiger partial charge is 0.493 e. The number of nitrogens with zero attached hydrogens (tertiary/aromatic N) is 4. The minimum atomic E-state index is -4.59. The maximum atomic E-state index is 12.8. The lowest BCUT2D eigenvalue weighted by Gasteiger charge is -2.08. The van der Waals surface area contributed by atoms with Crippen LogP contribution in [0.25, 0.3) is 4.96 Å². The van der Waals surface area contributed by atoms with Gasteiger partial charge in [0, 0.05) is 6.42 Å². The van der Waals surface area contributed by atoms with E-state index in [0.29, 0.717) is 22.9 Å². The van der Waals surface area contributed by atoms with Gasteiger partial charge in [-0.2, -0.15) is 22.8 Å². The predicted octanol–water partition coefficient (Wildman–Crippen LogP) is 2.81. The summed E-state index contributed by atoms with van der Waals surface area (Å²) in [5, 5.41) is 11.1. The van der Waals surface area contributed by atoms with Crippen LogP contribution in [-0.4, -0.2) is 34.0 Å². The molecule has 0 saturated carbocycles. The first-order chi connectivity index (χ1) is 10.9. The molecule has 1 aromatic carbocycles. The second kappa shape index (κ2) is 5.69. The summed E-state index contributed by atoms with van der Waals surface area (Å²) < 4.78 is 49.4. The standard InChI is InChI=1S/C13H11F3N4O2S/c1-21-8-4-3-7(5-9(8)22-2)6-10-19-20-11(13(14,15)16)17-18-12(20)23-10/h3-5H,6H2,1-2H3. The first-order valence-corrected chi connectivity index (χ1v) is 7.23. The maximum absolute atomic E-state index is 12.8. The van der Waals surface area contributed by atoms with E-state index in [1.165, 1.54) is 14.2 Å². The number of methoxy groups -OCH3 is 2. The molecule has 2 heterocycles. The summed E-state index contributed by atoms with van der Waals surface area (Å²) in [6, 6.07) is 5.29. The molecular formula is C13H11F3N4O2S. The highest BCUT2D eigenvalue weighted by atomic mass is 32.1. The van der Waals surface area contributed by atoms with Crippen molar-refractivity contribution in [2.24, 2.45) is 0 Å². The van der Waals surface area contributed by atoms with Crippen molar-refractivity contribution in [3.05, 3.63) is 34.6 Å². The molecule has 0 aliphatic carbocycles. The number of hydrogen-bond acceptors (Lipinski definition) is 6. The lowest BCUT2D eigenvalue weighted by molar-refractivity contribution is -0.146. The Balaban J connectivity index is 1.91. The van der Waals surface area contributed by atoms with Crippen LogP contribution >= 0.6 is 11.3 Å². The summed E-state index contributed by atoms with van der Waals surface area (Å²) in [5.41, 5.74) is 0.834. The Morgan fingerprint density at radius 3 is 2.52 bits per heavy atom. The van der Waals surface area contributed by atoms with E-state index in [2.05, 4.69) is 15.3 Å². The number of aromatic nitrogens is 4. The molecule has 10 heteroatoms. The Morgan fingerprint density at radius 1 is 1.13 bits per heavy atom. The summed E-state index contributed by atoms with van der Waals surface area (Å²) >= 11 is 1.06. The van der Waals surface area contributed by atoms with Crippen LogP contribution in [0.4, 0.5) is 13.2 Å². The molecule has 0 saturated heterocycles. The zero-order valence-electron chi connectivity index (χ0n) is 12.1. The fourth-order valence-corrected chi connectivity index (χ4v) is 2.94. The van der Waals surface area contributed by atoms with Crippen LogP contribution in [0.1, 0.15) is 16.4 Å². The number of benzene rings is 1. The molecule has 0 unspecified atom stereocenters. The molecule has 0 aliphatic heterocycles. The van der Waals surface area contributed by atoms with Crippen molar-refractivity contribution >= 4 is 16.3 Å². The van der Waals surface area contributed by atoms with Gasteiger partial charge in [-0.05, 0) is 17.7 Å². The number of halogens is 3.